The Morgan fingerprint density at radius 3 is 2.51 bits per heavy atom. The number of hydrogen-bond donors (Lipinski definition) is 0. The Hall–Kier alpha value is -3.45. The maximum Gasteiger partial charge on any atom is 0.175 e. The van der Waals surface area contributed by atoms with Gasteiger partial charge in [0.25, 0.3) is 0 Å². The van der Waals surface area contributed by atoms with Crippen LogP contribution < -0.4 is 0 Å². The van der Waals surface area contributed by atoms with Gasteiger partial charge in [0.2, 0.25) is 0 Å². The van der Waals surface area contributed by atoms with Crippen LogP contribution in [0.4, 0.5) is 0 Å². The zero-order valence-electron chi connectivity index (χ0n) is 20.7. The molecule has 0 aliphatic heterocycles. The molecule has 3 aromatic heterocycles. The fraction of sp³-hybridized carbons (Fsp3) is 0.321. The summed E-state index contributed by atoms with van der Waals surface area (Å²) in [6.07, 6.45) is 10.7. The zero-order valence-corrected chi connectivity index (χ0v) is 21.6. The monoisotopic (exact) mass is 483 g/mol. The number of carbonyl (C=O) groups excluding carboxylic acids is 1. The molecule has 0 amide bonds. The Labute approximate surface area is 209 Å². The SMILES string of the molecule is CC(CC(=O)c1cnc(C(C)(C)C)s1)c1ccc(-c2ncnc3c2CC(c2cnn(C)c2)=C3)cc1. The molecule has 4 aromatic rings. The van der Waals surface area contributed by atoms with E-state index in [0.29, 0.717) is 6.42 Å². The van der Waals surface area contributed by atoms with Gasteiger partial charge in [0.1, 0.15) is 6.33 Å². The number of aryl methyl sites for hydroxylation is 1. The molecule has 0 saturated heterocycles. The summed E-state index contributed by atoms with van der Waals surface area (Å²) in [5.74, 6) is 0.268. The van der Waals surface area contributed by atoms with Crippen LogP contribution in [0.25, 0.3) is 22.9 Å². The van der Waals surface area contributed by atoms with Crippen LogP contribution in [0.5, 0.6) is 0 Å². The molecule has 0 radical (unpaired) electrons. The van der Waals surface area contributed by atoms with Gasteiger partial charge >= 0.3 is 0 Å². The molecule has 178 valence electrons. The molecular formula is C28H29N5OS. The molecule has 5 rings (SSSR count). The summed E-state index contributed by atoms with van der Waals surface area (Å²) in [5.41, 5.74) is 7.54. The van der Waals surface area contributed by atoms with Gasteiger partial charge in [-0.25, -0.2) is 15.0 Å². The summed E-state index contributed by atoms with van der Waals surface area (Å²) in [4.78, 5) is 27.2. The van der Waals surface area contributed by atoms with Gasteiger partial charge in [-0.3, -0.25) is 9.48 Å². The smallest absolute Gasteiger partial charge is 0.175 e. The van der Waals surface area contributed by atoms with Crippen LogP contribution in [0.1, 0.15) is 77.1 Å². The molecule has 1 atom stereocenters. The number of ketones is 1. The number of Topliss-reactive ketones (excluding diaryl/α,β-unsaturated/α-hetero) is 1. The zero-order chi connectivity index (χ0) is 24.7. The van der Waals surface area contributed by atoms with Crippen molar-refractivity contribution < 1.29 is 4.79 Å². The van der Waals surface area contributed by atoms with E-state index in [0.717, 1.165) is 49.9 Å². The number of nitrogens with zero attached hydrogens (tertiary/aromatic N) is 5. The first-order chi connectivity index (χ1) is 16.7. The Morgan fingerprint density at radius 1 is 1.09 bits per heavy atom. The molecular weight excluding hydrogens is 454 g/mol. The number of thiazole rings is 1. The van der Waals surface area contributed by atoms with Gasteiger partial charge < -0.3 is 0 Å². The molecule has 6 nitrogen and oxygen atoms in total. The molecule has 1 aliphatic carbocycles. The number of allylic oxidation sites excluding steroid dienone is 1. The lowest BCUT2D eigenvalue weighted by molar-refractivity contribution is 0.0979. The van der Waals surface area contributed by atoms with Crippen LogP contribution in [0.15, 0.2) is 49.2 Å². The van der Waals surface area contributed by atoms with Crippen LogP contribution in [0, 0.1) is 0 Å². The minimum absolute atomic E-state index is 0.0416. The maximum atomic E-state index is 12.9. The van der Waals surface area contributed by atoms with E-state index in [1.807, 2.05) is 24.1 Å². The summed E-state index contributed by atoms with van der Waals surface area (Å²) in [5, 5.41) is 5.29. The van der Waals surface area contributed by atoms with E-state index in [1.165, 1.54) is 16.9 Å². The third-order valence-corrected chi connectivity index (χ3v) is 7.86. The second-order valence-corrected chi connectivity index (χ2v) is 11.3. The van der Waals surface area contributed by atoms with Crippen molar-refractivity contribution in [1.82, 2.24) is 24.7 Å². The van der Waals surface area contributed by atoms with Gasteiger partial charge in [-0.05, 0) is 23.1 Å². The molecule has 35 heavy (non-hydrogen) atoms. The molecule has 1 aromatic carbocycles. The van der Waals surface area contributed by atoms with Crippen LogP contribution in [-0.4, -0.2) is 30.5 Å². The van der Waals surface area contributed by atoms with Crippen molar-refractivity contribution in [3.8, 4) is 11.3 Å². The van der Waals surface area contributed by atoms with Crippen molar-refractivity contribution in [2.75, 3.05) is 0 Å². The molecule has 1 aliphatic rings. The van der Waals surface area contributed by atoms with Gasteiger partial charge in [-0.1, -0.05) is 52.0 Å². The van der Waals surface area contributed by atoms with Crippen molar-refractivity contribution in [1.29, 1.82) is 0 Å². The van der Waals surface area contributed by atoms with Gasteiger partial charge in [0.15, 0.2) is 5.78 Å². The molecule has 1 unspecified atom stereocenters. The lowest BCUT2D eigenvalue weighted by Crippen LogP contribution is -2.09. The Balaban J connectivity index is 1.30. The first kappa shape index (κ1) is 23.3. The molecule has 0 spiro atoms. The van der Waals surface area contributed by atoms with E-state index in [9.17, 15) is 4.79 Å². The van der Waals surface area contributed by atoms with Crippen LogP contribution in [0.2, 0.25) is 0 Å². The van der Waals surface area contributed by atoms with E-state index in [2.05, 4.69) is 78.1 Å². The van der Waals surface area contributed by atoms with Crippen molar-refractivity contribution in [2.45, 2.75) is 51.9 Å². The normalized spacial score (nSPS) is 14.0. The number of fused-ring (bicyclic) bond motifs is 1. The number of carbonyl (C=O) groups is 1. The van der Waals surface area contributed by atoms with E-state index in [1.54, 1.807) is 12.5 Å². The number of aromatic nitrogens is 5. The average molecular weight is 484 g/mol. The van der Waals surface area contributed by atoms with E-state index in [-0.39, 0.29) is 17.1 Å². The van der Waals surface area contributed by atoms with Crippen molar-refractivity contribution in [3.63, 3.8) is 0 Å². The summed E-state index contributed by atoms with van der Waals surface area (Å²) in [6.45, 7) is 8.46. The second-order valence-electron chi connectivity index (χ2n) is 10.3. The number of benzene rings is 1. The molecule has 0 fully saturated rings. The molecule has 0 N–H and O–H groups in total. The van der Waals surface area contributed by atoms with Crippen LogP contribution in [0.3, 0.4) is 0 Å². The van der Waals surface area contributed by atoms with Gasteiger partial charge in [0, 0.05) is 54.4 Å². The third kappa shape index (κ3) is 4.73. The highest BCUT2D eigenvalue weighted by atomic mass is 32.1. The first-order valence-corrected chi connectivity index (χ1v) is 12.6. The van der Waals surface area contributed by atoms with Gasteiger partial charge in [-0.15, -0.1) is 11.3 Å². The van der Waals surface area contributed by atoms with Crippen molar-refractivity contribution >= 4 is 28.8 Å². The summed E-state index contributed by atoms with van der Waals surface area (Å²) >= 11 is 1.51. The second kappa shape index (κ2) is 8.96. The molecule has 7 heteroatoms. The first-order valence-electron chi connectivity index (χ1n) is 11.8. The highest BCUT2D eigenvalue weighted by Crippen LogP contribution is 2.36. The standard InChI is InChI=1S/C28H29N5OS/c1-17(10-24(34)25-14-29-27(35-25)28(2,3)4)18-6-8-19(9-7-18)26-22-11-20(12-23(22)30-16-31-26)21-13-32-33(5)15-21/h6-9,12-17H,10-11H2,1-5H3. The Bertz CT molecular complexity index is 1420. The van der Waals surface area contributed by atoms with Crippen LogP contribution >= 0.6 is 11.3 Å². The quantitative estimate of drug-likeness (QED) is 0.310. The largest absolute Gasteiger partial charge is 0.293 e. The average Bonchev–Trinajstić information content (AvgIpc) is 3.57. The predicted molar refractivity (Wildman–Crippen MR) is 140 cm³/mol. The predicted octanol–water partition coefficient (Wildman–Crippen LogP) is 6.10. The number of hydrogen-bond acceptors (Lipinski definition) is 6. The van der Waals surface area contributed by atoms with E-state index < -0.39 is 0 Å². The Kier molecular flexibility index (Phi) is 5.97. The minimum atomic E-state index is -0.0416. The van der Waals surface area contributed by atoms with Crippen LogP contribution in [-0.2, 0) is 18.9 Å². The van der Waals surface area contributed by atoms with Gasteiger partial charge in [-0.2, -0.15) is 5.10 Å². The van der Waals surface area contributed by atoms with Crippen molar-refractivity contribution in [3.05, 3.63) is 81.5 Å². The summed E-state index contributed by atoms with van der Waals surface area (Å²) in [7, 11) is 1.92. The number of rotatable bonds is 6. The minimum Gasteiger partial charge on any atom is -0.293 e. The third-order valence-electron chi connectivity index (χ3n) is 6.40. The maximum absolute atomic E-state index is 12.9. The Morgan fingerprint density at radius 2 is 1.86 bits per heavy atom. The lowest BCUT2D eigenvalue weighted by Gasteiger charge is -2.14. The molecule has 3 heterocycles. The fourth-order valence-electron chi connectivity index (χ4n) is 4.37. The fourth-order valence-corrected chi connectivity index (χ4v) is 5.29. The topological polar surface area (TPSA) is 73.6 Å². The van der Waals surface area contributed by atoms with E-state index in [4.69, 9.17) is 0 Å². The molecule has 0 bridgehead atoms. The van der Waals surface area contributed by atoms with Gasteiger partial charge in [0.05, 0.1) is 27.5 Å². The van der Waals surface area contributed by atoms with Crippen molar-refractivity contribution in [2.24, 2.45) is 7.05 Å². The summed E-state index contributed by atoms with van der Waals surface area (Å²) in [6, 6.07) is 8.43. The highest BCUT2D eigenvalue weighted by Gasteiger charge is 2.23. The van der Waals surface area contributed by atoms with E-state index >= 15 is 0 Å². The lowest BCUT2D eigenvalue weighted by atomic mass is 9.93. The summed E-state index contributed by atoms with van der Waals surface area (Å²) < 4.78 is 1.81. The highest BCUT2D eigenvalue weighted by molar-refractivity contribution is 7.13. The molecule has 0 saturated carbocycles.